The first-order chi connectivity index (χ1) is 11.0. The van der Waals surface area contributed by atoms with Crippen molar-refractivity contribution in [3.8, 4) is 0 Å². The van der Waals surface area contributed by atoms with Crippen molar-refractivity contribution in [2.45, 2.75) is 0 Å². The molecule has 0 aliphatic heterocycles. The number of hydrogen-bond acceptors (Lipinski definition) is 5. The van der Waals surface area contributed by atoms with Gasteiger partial charge in [-0.25, -0.2) is 15.2 Å². The Bertz CT molecular complexity index is 760. The van der Waals surface area contributed by atoms with Gasteiger partial charge in [0.15, 0.2) is 0 Å². The summed E-state index contributed by atoms with van der Waals surface area (Å²) in [6, 6.07) is 8.23. The number of nitrogens with zero attached hydrogens (tertiary/aromatic N) is 2. The largest absolute Gasteiger partial charge is 0.545 e. The van der Waals surface area contributed by atoms with Crippen LogP contribution in [0.1, 0.15) is 15.9 Å². The molecule has 118 valence electrons. The van der Waals surface area contributed by atoms with E-state index in [2.05, 4.69) is 20.8 Å². The van der Waals surface area contributed by atoms with E-state index in [1.807, 2.05) is 0 Å². The molecule has 0 bridgehead atoms. The summed E-state index contributed by atoms with van der Waals surface area (Å²) in [5.41, 5.74) is 2.77. The highest BCUT2D eigenvalue weighted by molar-refractivity contribution is 6.32. The number of benzene rings is 1. The molecule has 0 aliphatic rings. The molecule has 2 N–H and O–H groups in total. The average Bonchev–Trinajstić information content (AvgIpc) is 2.46. The number of hydrogen-bond donors (Lipinski definition) is 2. The number of aromatic nitrogens is 1. The van der Waals surface area contributed by atoms with E-state index < -0.39 is 12.0 Å². The van der Waals surface area contributed by atoms with E-state index in [0.717, 1.165) is 0 Å². The lowest BCUT2D eigenvalue weighted by molar-refractivity contribution is -0.255. The van der Waals surface area contributed by atoms with Gasteiger partial charge < -0.3 is 15.2 Å². The summed E-state index contributed by atoms with van der Waals surface area (Å²) in [6.07, 6.45) is 1.19. The first kappa shape index (κ1) is 16.7. The normalized spacial score (nSPS) is 10.5. The van der Waals surface area contributed by atoms with E-state index in [1.54, 1.807) is 12.1 Å². The minimum Gasteiger partial charge on any atom is -0.545 e. The molecule has 0 saturated carbocycles. The van der Waals surface area contributed by atoms with Crippen molar-refractivity contribution >= 4 is 47.1 Å². The minimum absolute atomic E-state index is 0.0360. The molecule has 23 heavy (non-hydrogen) atoms. The molecule has 0 atom stereocenters. The van der Waals surface area contributed by atoms with Gasteiger partial charge >= 0.3 is 6.03 Å². The Hall–Kier alpha value is -2.64. The van der Waals surface area contributed by atoms with Crippen molar-refractivity contribution in [2.24, 2.45) is 5.10 Å². The number of carbonyl (C=O) groups excluding carboxylic acids is 2. The van der Waals surface area contributed by atoms with Crippen molar-refractivity contribution in [1.82, 2.24) is 10.4 Å². The number of pyridine rings is 1. The molecule has 0 aliphatic carbocycles. The van der Waals surface area contributed by atoms with Gasteiger partial charge in [0.2, 0.25) is 0 Å². The van der Waals surface area contributed by atoms with Crippen molar-refractivity contribution in [2.75, 3.05) is 5.32 Å². The van der Waals surface area contributed by atoms with Crippen LogP contribution in [0.3, 0.4) is 0 Å². The van der Waals surface area contributed by atoms with E-state index in [4.69, 9.17) is 23.2 Å². The van der Waals surface area contributed by atoms with Gasteiger partial charge in [-0.05, 0) is 12.1 Å². The SMILES string of the molecule is O=C(N/N=C\c1ccccc1C(=O)[O-])Nc1cc(Cl)nc(Cl)c1. The highest BCUT2D eigenvalue weighted by Gasteiger charge is 2.04. The van der Waals surface area contributed by atoms with Crippen LogP contribution >= 0.6 is 23.2 Å². The molecule has 0 radical (unpaired) electrons. The lowest BCUT2D eigenvalue weighted by Gasteiger charge is -2.06. The third-order valence-electron chi connectivity index (χ3n) is 2.57. The summed E-state index contributed by atoms with van der Waals surface area (Å²) in [6.45, 7) is 0. The summed E-state index contributed by atoms with van der Waals surface area (Å²) in [7, 11) is 0. The number of hydrazone groups is 1. The molecule has 9 heteroatoms. The van der Waals surface area contributed by atoms with Gasteiger partial charge in [0.25, 0.3) is 0 Å². The summed E-state index contributed by atoms with van der Waals surface area (Å²) >= 11 is 11.4. The first-order valence-electron chi connectivity index (χ1n) is 6.19. The number of aromatic carboxylic acids is 1. The minimum atomic E-state index is -1.34. The summed E-state index contributed by atoms with van der Waals surface area (Å²) in [5, 5.41) is 17.3. The number of carboxylic acids is 1. The maximum atomic E-state index is 11.7. The number of halogens is 2. The summed E-state index contributed by atoms with van der Waals surface area (Å²) in [4.78, 5) is 26.3. The maximum Gasteiger partial charge on any atom is 0.339 e. The number of amides is 2. The number of nitrogens with one attached hydrogen (secondary N) is 2. The second kappa shape index (κ2) is 7.57. The third kappa shape index (κ3) is 4.94. The predicted molar refractivity (Wildman–Crippen MR) is 84.8 cm³/mol. The Balaban J connectivity index is 2.00. The molecule has 0 saturated heterocycles. The topological polar surface area (TPSA) is 107 Å². The fraction of sp³-hybridized carbons (Fsp3) is 0. The van der Waals surface area contributed by atoms with Crippen LogP contribution in [-0.2, 0) is 0 Å². The monoisotopic (exact) mass is 351 g/mol. The van der Waals surface area contributed by atoms with Gasteiger partial charge in [-0.3, -0.25) is 0 Å². The number of rotatable bonds is 4. The zero-order valence-electron chi connectivity index (χ0n) is 11.4. The fourth-order valence-electron chi connectivity index (χ4n) is 1.65. The maximum absolute atomic E-state index is 11.7. The van der Waals surface area contributed by atoms with Gasteiger partial charge in [-0.1, -0.05) is 47.5 Å². The molecule has 0 unspecified atom stereocenters. The Kier molecular flexibility index (Phi) is 5.51. The molecular formula is C14H9Cl2N4O3-. The predicted octanol–water partition coefficient (Wildman–Crippen LogP) is 1.91. The van der Waals surface area contributed by atoms with Crippen LogP contribution in [0.15, 0.2) is 41.5 Å². The van der Waals surface area contributed by atoms with Crippen LogP contribution < -0.4 is 15.8 Å². The first-order valence-corrected chi connectivity index (χ1v) is 6.95. The van der Waals surface area contributed by atoms with Crippen LogP contribution in [0.4, 0.5) is 10.5 Å². The summed E-state index contributed by atoms with van der Waals surface area (Å²) in [5.74, 6) is -1.34. The molecule has 2 amide bonds. The molecule has 0 spiro atoms. The van der Waals surface area contributed by atoms with Crippen LogP contribution in [-0.4, -0.2) is 23.2 Å². The van der Waals surface area contributed by atoms with Crippen molar-refractivity contribution in [3.05, 3.63) is 57.8 Å². The zero-order chi connectivity index (χ0) is 16.8. The molecule has 1 heterocycles. The highest BCUT2D eigenvalue weighted by atomic mass is 35.5. The van der Waals surface area contributed by atoms with Gasteiger partial charge in [-0.2, -0.15) is 5.10 Å². The lowest BCUT2D eigenvalue weighted by Crippen LogP contribution is -2.25. The molecule has 0 fully saturated rings. The molecule has 7 nitrogen and oxygen atoms in total. The number of carboxylic acid groups (broad SMARTS) is 1. The van der Waals surface area contributed by atoms with Gasteiger partial charge in [0.1, 0.15) is 10.3 Å². The van der Waals surface area contributed by atoms with Crippen LogP contribution in [0.25, 0.3) is 0 Å². The molecule has 2 aromatic rings. The highest BCUT2D eigenvalue weighted by Crippen LogP contribution is 2.18. The standard InChI is InChI=1S/C14H10Cl2N4O3/c15-11-5-9(6-12(16)19-11)18-14(23)20-17-7-8-3-1-2-4-10(8)13(21)22/h1-7H,(H,21,22)(H2,18,19,20,23)/p-1/b17-7-. The number of anilines is 1. The molecule has 2 rings (SSSR count). The Labute approximate surface area is 140 Å². The Morgan fingerprint density at radius 1 is 1.17 bits per heavy atom. The van der Waals surface area contributed by atoms with Gasteiger partial charge in [-0.15, -0.1) is 0 Å². The van der Waals surface area contributed by atoms with Gasteiger partial charge in [0, 0.05) is 16.8 Å². The van der Waals surface area contributed by atoms with Crippen molar-refractivity contribution in [1.29, 1.82) is 0 Å². The summed E-state index contributed by atoms with van der Waals surface area (Å²) < 4.78 is 0. The van der Waals surface area contributed by atoms with Crippen molar-refractivity contribution in [3.63, 3.8) is 0 Å². The number of carbonyl (C=O) groups is 2. The Morgan fingerprint density at radius 3 is 2.48 bits per heavy atom. The molecule has 1 aromatic carbocycles. The molecular weight excluding hydrogens is 343 g/mol. The second-order valence-electron chi connectivity index (χ2n) is 4.20. The van der Waals surface area contributed by atoms with Crippen LogP contribution in [0, 0.1) is 0 Å². The van der Waals surface area contributed by atoms with E-state index >= 15 is 0 Å². The fourth-order valence-corrected chi connectivity index (χ4v) is 2.11. The average molecular weight is 352 g/mol. The van der Waals surface area contributed by atoms with E-state index in [9.17, 15) is 14.7 Å². The second-order valence-corrected chi connectivity index (χ2v) is 4.97. The van der Waals surface area contributed by atoms with Crippen molar-refractivity contribution < 1.29 is 14.7 Å². The smallest absolute Gasteiger partial charge is 0.339 e. The van der Waals surface area contributed by atoms with Crippen LogP contribution in [0.2, 0.25) is 10.3 Å². The molecule has 1 aromatic heterocycles. The lowest BCUT2D eigenvalue weighted by atomic mass is 10.1. The quantitative estimate of drug-likeness (QED) is 0.498. The number of urea groups is 1. The third-order valence-corrected chi connectivity index (χ3v) is 2.96. The Morgan fingerprint density at radius 2 is 1.83 bits per heavy atom. The van der Waals surface area contributed by atoms with E-state index in [0.29, 0.717) is 11.3 Å². The van der Waals surface area contributed by atoms with E-state index in [1.165, 1.54) is 30.5 Å². The van der Waals surface area contributed by atoms with Gasteiger partial charge in [0.05, 0.1) is 12.2 Å². The van der Waals surface area contributed by atoms with E-state index in [-0.39, 0.29) is 15.9 Å². The zero-order valence-corrected chi connectivity index (χ0v) is 12.9. The van der Waals surface area contributed by atoms with Crippen LogP contribution in [0.5, 0.6) is 0 Å².